The molecule has 4 aromatic heterocycles. The van der Waals surface area contributed by atoms with E-state index in [4.69, 9.17) is 4.98 Å². The molecule has 5 heterocycles. The van der Waals surface area contributed by atoms with E-state index in [0.29, 0.717) is 44.7 Å². The van der Waals surface area contributed by atoms with Gasteiger partial charge in [0.25, 0.3) is 17.1 Å². The Morgan fingerprint density at radius 2 is 0.660 bits per heavy atom. The number of nitro groups is 3. The Morgan fingerprint density at radius 3 is 1.00 bits per heavy atom. The third kappa shape index (κ3) is 5.20. The first-order valence-electron chi connectivity index (χ1n) is 15.3. The number of aromatic nitrogens is 4. The van der Waals surface area contributed by atoms with E-state index in [2.05, 4.69) is 15.0 Å². The van der Waals surface area contributed by atoms with Gasteiger partial charge in [-0.05, 0) is 102 Å². The van der Waals surface area contributed by atoms with Crippen LogP contribution in [0.1, 0.15) is 11.4 Å². The van der Waals surface area contributed by atoms with Gasteiger partial charge in [0.2, 0.25) is 0 Å². The van der Waals surface area contributed by atoms with Crippen LogP contribution >= 0.6 is 0 Å². The van der Waals surface area contributed by atoms with Crippen LogP contribution in [0.2, 0.25) is 0 Å². The molecule has 13 nitrogen and oxygen atoms in total. The molecule has 0 saturated heterocycles. The fraction of sp³-hybridized carbons (Fsp3) is 0. The SMILES string of the molecule is O=[N+]([O-])c1ccc(-c2c3nc(c(-c4ccc([N+](=O)[O-])cc4)c4ccc([nH]4)c4ccc([nH]4)c(-c4ccc([N+](=O)[O-])cc4)c4ccc2[nH]4)C=C3)cc1. The number of nitrogens with one attached hydrogen (secondary N) is 3. The van der Waals surface area contributed by atoms with Gasteiger partial charge < -0.3 is 15.0 Å². The second-order valence-corrected chi connectivity index (χ2v) is 11.6. The number of nitrogens with zero attached hydrogens (tertiary/aromatic N) is 4. The number of fused-ring (bicyclic) bond motifs is 9. The van der Waals surface area contributed by atoms with Gasteiger partial charge in [-0.25, -0.2) is 4.98 Å². The van der Waals surface area contributed by atoms with Crippen LogP contribution in [0.15, 0.2) is 109 Å². The fourth-order valence-corrected chi connectivity index (χ4v) is 6.31. The molecule has 3 N–H and O–H groups in total. The molecule has 3 aromatic carbocycles. The number of aromatic amines is 3. The molecule has 1 aliphatic heterocycles. The lowest BCUT2D eigenvalue weighted by Gasteiger charge is -2.05. The van der Waals surface area contributed by atoms with Crippen molar-refractivity contribution in [1.29, 1.82) is 0 Å². The highest BCUT2D eigenvalue weighted by atomic mass is 16.6. The summed E-state index contributed by atoms with van der Waals surface area (Å²) in [5.74, 6) is 0. The second kappa shape index (κ2) is 11.7. The van der Waals surface area contributed by atoms with Crippen molar-refractivity contribution in [3.05, 3.63) is 151 Å². The highest BCUT2D eigenvalue weighted by molar-refractivity contribution is 5.99. The first-order chi connectivity index (χ1) is 24.2. The standard InChI is InChI=1S/C37H23N7O6/c45-42(46)24-7-1-21(2-8-24)35-29-15-13-27(38-29)28-14-16-30(39-28)36(22-3-9-25(10-4-22)43(47)48)32-18-20-34(41-32)37(33-19-17-31(35)40-33)23-5-11-26(12-6-23)44(49)50/h1-20,38-40H. The van der Waals surface area contributed by atoms with Crippen LogP contribution in [0.25, 0.3) is 78.6 Å². The predicted molar refractivity (Wildman–Crippen MR) is 191 cm³/mol. The van der Waals surface area contributed by atoms with Crippen molar-refractivity contribution in [2.75, 3.05) is 0 Å². The third-order valence-corrected chi connectivity index (χ3v) is 8.68. The zero-order valence-electron chi connectivity index (χ0n) is 25.8. The molecule has 0 aliphatic carbocycles. The van der Waals surface area contributed by atoms with Crippen LogP contribution in [-0.2, 0) is 0 Å². The van der Waals surface area contributed by atoms with Crippen LogP contribution < -0.4 is 0 Å². The van der Waals surface area contributed by atoms with E-state index in [-0.39, 0.29) is 17.1 Å². The molecule has 0 atom stereocenters. The minimum absolute atomic E-state index is 0.0308. The first-order valence-corrected chi connectivity index (χ1v) is 15.3. The lowest BCUT2D eigenvalue weighted by atomic mass is 10.0. The summed E-state index contributed by atoms with van der Waals surface area (Å²) in [5, 5.41) is 34.4. The van der Waals surface area contributed by atoms with Crippen molar-refractivity contribution >= 4 is 62.3 Å². The highest BCUT2D eigenvalue weighted by Gasteiger charge is 2.18. The van der Waals surface area contributed by atoms with E-state index >= 15 is 0 Å². The summed E-state index contributed by atoms with van der Waals surface area (Å²) in [4.78, 5) is 48.6. The Labute approximate surface area is 281 Å². The average Bonchev–Trinajstić information content (AvgIpc) is 3.95. The van der Waals surface area contributed by atoms with E-state index in [0.717, 1.165) is 33.2 Å². The van der Waals surface area contributed by atoms with Gasteiger partial charge in [0, 0.05) is 75.2 Å². The van der Waals surface area contributed by atoms with Gasteiger partial charge in [0.15, 0.2) is 0 Å². The Kier molecular flexibility index (Phi) is 7.00. The van der Waals surface area contributed by atoms with Crippen molar-refractivity contribution in [3.8, 4) is 33.4 Å². The van der Waals surface area contributed by atoms with Gasteiger partial charge >= 0.3 is 0 Å². The summed E-state index contributed by atoms with van der Waals surface area (Å²) in [7, 11) is 0. The molecule has 1 aliphatic rings. The predicted octanol–water partition coefficient (Wildman–Crippen LogP) is 9.42. The largest absolute Gasteiger partial charge is 0.354 e. The van der Waals surface area contributed by atoms with Crippen LogP contribution in [-0.4, -0.2) is 34.7 Å². The van der Waals surface area contributed by atoms with Crippen LogP contribution in [0, 0.1) is 30.3 Å². The molecule has 0 fully saturated rings. The smallest absolute Gasteiger partial charge is 0.269 e. The van der Waals surface area contributed by atoms with Gasteiger partial charge in [0.1, 0.15) is 0 Å². The molecule has 13 heteroatoms. The zero-order valence-corrected chi connectivity index (χ0v) is 25.8. The van der Waals surface area contributed by atoms with Gasteiger partial charge in [0.05, 0.1) is 37.2 Å². The van der Waals surface area contributed by atoms with Crippen LogP contribution in [0.3, 0.4) is 0 Å². The van der Waals surface area contributed by atoms with Crippen LogP contribution in [0.5, 0.6) is 0 Å². The van der Waals surface area contributed by atoms with E-state index in [1.807, 2.05) is 48.6 Å². The second-order valence-electron chi connectivity index (χ2n) is 11.6. The normalized spacial score (nSPS) is 11.6. The Hall–Kier alpha value is -7.41. The maximum Gasteiger partial charge on any atom is 0.269 e. The van der Waals surface area contributed by atoms with E-state index in [9.17, 15) is 30.3 Å². The number of benzene rings is 3. The molecule has 50 heavy (non-hydrogen) atoms. The summed E-state index contributed by atoms with van der Waals surface area (Å²) >= 11 is 0. The van der Waals surface area contributed by atoms with Crippen molar-refractivity contribution < 1.29 is 14.8 Å². The van der Waals surface area contributed by atoms with Crippen molar-refractivity contribution in [1.82, 2.24) is 19.9 Å². The summed E-state index contributed by atoms with van der Waals surface area (Å²) < 4.78 is 0. The third-order valence-electron chi connectivity index (χ3n) is 8.68. The number of rotatable bonds is 6. The monoisotopic (exact) mass is 661 g/mol. The molecule has 0 spiro atoms. The number of hydrogen-bond acceptors (Lipinski definition) is 7. The van der Waals surface area contributed by atoms with E-state index < -0.39 is 14.8 Å². The van der Waals surface area contributed by atoms with Crippen LogP contribution in [0.4, 0.5) is 17.1 Å². The van der Waals surface area contributed by atoms with Crippen molar-refractivity contribution in [2.45, 2.75) is 0 Å². The molecule has 242 valence electrons. The topological polar surface area (TPSA) is 190 Å². The number of nitro benzene ring substituents is 3. The highest BCUT2D eigenvalue weighted by Crippen LogP contribution is 2.37. The Balaban J connectivity index is 1.49. The molecular weight excluding hydrogens is 638 g/mol. The van der Waals surface area contributed by atoms with Gasteiger partial charge in [-0.15, -0.1) is 0 Å². The molecule has 0 radical (unpaired) electrons. The lowest BCUT2D eigenvalue weighted by molar-refractivity contribution is -0.385. The maximum absolute atomic E-state index is 11.5. The number of non-ortho nitro benzene ring substituents is 3. The molecule has 7 aromatic rings. The van der Waals surface area contributed by atoms with E-state index in [1.165, 1.54) is 36.4 Å². The Morgan fingerprint density at radius 1 is 0.380 bits per heavy atom. The minimum atomic E-state index is -0.456. The summed E-state index contributed by atoms with van der Waals surface area (Å²) in [6.07, 6.45) is 3.74. The fourth-order valence-electron chi connectivity index (χ4n) is 6.31. The number of H-pyrrole nitrogens is 3. The molecule has 8 bridgehead atoms. The van der Waals surface area contributed by atoms with Crippen molar-refractivity contribution in [3.63, 3.8) is 0 Å². The van der Waals surface area contributed by atoms with Crippen molar-refractivity contribution in [2.24, 2.45) is 0 Å². The lowest BCUT2D eigenvalue weighted by Crippen LogP contribution is -1.90. The first kappa shape index (κ1) is 30.0. The molecule has 0 amide bonds. The van der Waals surface area contributed by atoms with E-state index in [1.54, 1.807) is 36.4 Å². The van der Waals surface area contributed by atoms with Gasteiger partial charge in [-0.2, -0.15) is 0 Å². The summed E-state index contributed by atoms with van der Waals surface area (Å²) in [6, 6.07) is 30.4. The average molecular weight is 662 g/mol. The molecule has 8 rings (SSSR count). The zero-order chi connectivity index (χ0) is 34.5. The van der Waals surface area contributed by atoms with Gasteiger partial charge in [-0.1, -0.05) is 0 Å². The Bertz CT molecular complexity index is 2670. The summed E-state index contributed by atoms with van der Waals surface area (Å²) in [5.41, 5.74) is 9.76. The molecular formula is C37H23N7O6. The summed E-state index contributed by atoms with van der Waals surface area (Å²) in [6.45, 7) is 0. The molecule has 0 saturated carbocycles. The molecule has 0 unspecified atom stereocenters. The minimum Gasteiger partial charge on any atom is -0.354 e. The quantitative estimate of drug-likeness (QED) is 0.117. The van der Waals surface area contributed by atoms with Gasteiger partial charge in [-0.3, -0.25) is 30.3 Å². The maximum atomic E-state index is 11.5. The number of hydrogen-bond donors (Lipinski definition) is 3.